The van der Waals surface area contributed by atoms with Crippen LogP contribution in [0.4, 0.5) is 0 Å². The standard InChI is InChI=1S/C22H25N.C6H12.C4H10.C2H6/c1-6-20(18-12-8-16(3)9-13-18)22(21(7-2)23-5)19-14-10-17(4)11-15-19;1-2-3-6-4-5-6;1-3-4-2;1-2/h6,8-15H,1,7H2,2-5H3;6H,2-5H2,1H3;3-4H2,1-2H3;1-2H3/b22-20+,23-21?;;;. The lowest BCUT2D eigenvalue weighted by atomic mass is 9.89. The average molecular weight is 476 g/mol. The minimum absolute atomic E-state index is 0.892. The van der Waals surface area contributed by atoms with E-state index >= 15 is 0 Å². The first-order valence-corrected chi connectivity index (χ1v) is 13.9. The molecule has 0 atom stereocenters. The Kier molecular flexibility index (Phi) is 18.5. The van der Waals surface area contributed by atoms with Crippen molar-refractivity contribution in [1.82, 2.24) is 0 Å². The van der Waals surface area contributed by atoms with Gasteiger partial charge in [-0.05, 0) is 42.9 Å². The highest BCUT2D eigenvalue weighted by Gasteiger charge is 2.18. The number of hydrogen-bond donors (Lipinski definition) is 0. The Balaban J connectivity index is 0.000000794. The van der Waals surface area contributed by atoms with E-state index in [2.05, 4.69) is 102 Å². The zero-order valence-electron chi connectivity index (χ0n) is 24.4. The minimum atomic E-state index is 0.892. The van der Waals surface area contributed by atoms with E-state index in [4.69, 9.17) is 0 Å². The van der Waals surface area contributed by atoms with Crippen LogP contribution < -0.4 is 0 Å². The SMILES string of the molecule is C=C/C(=C(\C(CC)=NC)c1ccc(C)cc1)c1ccc(C)cc1.CC.CCCC.CCCC1CC1. The Hall–Kier alpha value is -2.41. The molecule has 0 radical (unpaired) electrons. The van der Waals surface area contributed by atoms with Crippen molar-refractivity contribution in [3.8, 4) is 0 Å². The van der Waals surface area contributed by atoms with Gasteiger partial charge >= 0.3 is 0 Å². The van der Waals surface area contributed by atoms with Gasteiger partial charge in [-0.2, -0.15) is 0 Å². The fraction of sp³-hybridized carbons (Fsp3) is 0.500. The molecule has 0 saturated heterocycles. The molecule has 0 aliphatic heterocycles. The second kappa shape index (κ2) is 19.8. The molecule has 0 spiro atoms. The third-order valence-electron chi connectivity index (χ3n) is 5.96. The Morgan fingerprint density at radius 2 is 1.26 bits per heavy atom. The van der Waals surface area contributed by atoms with Gasteiger partial charge in [-0.15, -0.1) is 0 Å². The highest BCUT2D eigenvalue weighted by Crippen LogP contribution is 2.33. The molecule has 1 nitrogen and oxygen atoms in total. The first-order valence-electron chi connectivity index (χ1n) is 13.9. The average Bonchev–Trinajstić information content (AvgIpc) is 3.72. The number of unbranched alkanes of at least 4 members (excludes halogenated alkanes) is 1. The lowest BCUT2D eigenvalue weighted by Gasteiger charge is -2.16. The number of aliphatic imine (C=N–C) groups is 1. The zero-order valence-corrected chi connectivity index (χ0v) is 24.4. The van der Waals surface area contributed by atoms with E-state index in [9.17, 15) is 0 Å². The van der Waals surface area contributed by atoms with Crippen molar-refractivity contribution in [3.63, 3.8) is 0 Å². The summed E-state index contributed by atoms with van der Waals surface area (Å²) in [6.07, 6.45) is 11.4. The second-order valence-electron chi connectivity index (χ2n) is 8.98. The van der Waals surface area contributed by atoms with Crippen molar-refractivity contribution in [2.24, 2.45) is 10.9 Å². The number of rotatable bonds is 8. The lowest BCUT2D eigenvalue weighted by molar-refractivity contribution is 0.708. The summed E-state index contributed by atoms with van der Waals surface area (Å²) >= 11 is 0. The summed E-state index contributed by atoms with van der Waals surface area (Å²) < 4.78 is 0. The van der Waals surface area contributed by atoms with E-state index in [0.29, 0.717) is 0 Å². The molecular weight excluding hydrogens is 422 g/mol. The van der Waals surface area contributed by atoms with E-state index in [1.807, 2.05) is 27.0 Å². The summed E-state index contributed by atoms with van der Waals surface area (Å²) in [6, 6.07) is 17.2. The molecule has 0 heterocycles. The Labute approximate surface area is 218 Å². The quantitative estimate of drug-likeness (QED) is 0.204. The van der Waals surface area contributed by atoms with E-state index in [1.165, 1.54) is 66.4 Å². The van der Waals surface area contributed by atoms with Gasteiger partial charge < -0.3 is 0 Å². The topological polar surface area (TPSA) is 12.4 Å². The molecular formula is C34H53N. The highest BCUT2D eigenvalue weighted by molar-refractivity contribution is 6.31. The van der Waals surface area contributed by atoms with Gasteiger partial charge in [-0.3, -0.25) is 4.99 Å². The largest absolute Gasteiger partial charge is 0.292 e. The molecule has 1 aliphatic rings. The minimum Gasteiger partial charge on any atom is -0.292 e. The first kappa shape index (κ1) is 32.6. The van der Waals surface area contributed by atoms with E-state index in [-0.39, 0.29) is 0 Å². The van der Waals surface area contributed by atoms with Gasteiger partial charge in [0, 0.05) is 18.3 Å². The third kappa shape index (κ3) is 12.7. The smallest absolute Gasteiger partial charge is 0.0426 e. The Morgan fingerprint density at radius 1 is 0.800 bits per heavy atom. The van der Waals surface area contributed by atoms with Gasteiger partial charge in [0.15, 0.2) is 0 Å². The molecule has 0 bridgehead atoms. The third-order valence-corrected chi connectivity index (χ3v) is 5.96. The monoisotopic (exact) mass is 475 g/mol. The molecule has 0 N–H and O–H groups in total. The molecule has 2 aromatic carbocycles. The van der Waals surface area contributed by atoms with Crippen molar-refractivity contribution < 1.29 is 0 Å². The van der Waals surface area contributed by atoms with Gasteiger partial charge in [-0.1, -0.05) is 152 Å². The molecule has 1 fully saturated rings. The zero-order chi connectivity index (χ0) is 26.6. The van der Waals surface area contributed by atoms with Gasteiger partial charge in [-0.25, -0.2) is 0 Å². The van der Waals surface area contributed by atoms with E-state index < -0.39 is 0 Å². The fourth-order valence-corrected chi connectivity index (χ4v) is 3.56. The molecule has 0 aromatic heterocycles. The van der Waals surface area contributed by atoms with Crippen LogP contribution in [0.25, 0.3) is 11.1 Å². The maximum absolute atomic E-state index is 4.53. The Bertz CT molecular complexity index is 860. The number of benzene rings is 2. The summed E-state index contributed by atoms with van der Waals surface area (Å²) in [5.74, 6) is 1.15. The predicted molar refractivity (Wildman–Crippen MR) is 163 cm³/mol. The summed E-state index contributed by atoms with van der Waals surface area (Å²) in [7, 11) is 1.86. The summed E-state index contributed by atoms with van der Waals surface area (Å²) in [6.45, 7) is 21.0. The van der Waals surface area contributed by atoms with Crippen LogP contribution in [0.1, 0.15) is 109 Å². The summed E-state index contributed by atoms with van der Waals surface area (Å²) in [5, 5.41) is 0. The van der Waals surface area contributed by atoms with Crippen molar-refractivity contribution >= 4 is 16.9 Å². The number of allylic oxidation sites excluding steroid dienone is 3. The maximum atomic E-state index is 4.53. The van der Waals surface area contributed by atoms with Crippen LogP contribution in [0.15, 0.2) is 66.2 Å². The van der Waals surface area contributed by atoms with Crippen LogP contribution in [-0.4, -0.2) is 12.8 Å². The molecule has 3 rings (SSSR count). The summed E-state index contributed by atoms with van der Waals surface area (Å²) in [5.41, 5.74) is 8.29. The molecule has 1 aliphatic carbocycles. The molecule has 2 aromatic rings. The highest BCUT2D eigenvalue weighted by atomic mass is 14.7. The van der Waals surface area contributed by atoms with Crippen molar-refractivity contribution in [2.75, 3.05) is 7.05 Å². The molecule has 1 saturated carbocycles. The van der Waals surface area contributed by atoms with Crippen molar-refractivity contribution in [1.29, 1.82) is 0 Å². The van der Waals surface area contributed by atoms with Crippen molar-refractivity contribution in [2.45, 2.75) is 100 Å². The first-order chi connectivity index (χ1) is 16.9. The van der Waals surface area contributed by atoms with E-state index in [0.717, 1.165) is 23.6 Å². The second-order valence-corrected chi connectivity index (χ2v) is 8.98. The van der Waals surface area contributed by atoms with Crippen LogP contribution in [0.3, 0.4) is 0 Å². The number of hydrogen-bond acceptors (Lipinski definition) is 1. The predicted octanol–water partition coefficient (Wildman–Crippen LogP) is 10.9. The molecule has 0 unspecified atom stereocenters. The molecule has 1 heteroatoms. The van der Waals surface area contributed by atoms with Crippen LogP contribution in [0.2, 0.25) is 0 Å². The van der Waals surface area contributed by atoms with Gasteiger partial charge in [0.2, 0.25) is 0 Å². The van der Waals surface area contributed by atoms with E-state index in [1.54, 1.807) is 0 Å². The van der Waals surface area contributed by atoms with Gasteiger partial charge in [0.25, 0.3) is 0 Å². The molecule has 35 heavy (non-hydrogen) atoms. The lowest BCUT2D eigenvalue weighted by Crippen LogP contribution is -2.04. The molecule has 194 valence electrons. The molecule has 0 amide bonds. The van der Waals surface area contributed by atoms with Crippen molar-refractivity contribution in [3.05, 3.63) is 83.4 Å². The van der Waals surface area contributed by atoms with Crippen LogP contribution in [-0.2, 0) is 0 Å². The number of aryl methyl sites for hydroxylation is 2. The van der Waals surface area contributed by atoms with Gasteiger partial charge in [0.05, 0.1) is 0 Å². The van der Waals surface area contributed by atoms with Crippen LogP contribution in [0.5, 0.6) is 0 Å². The van der Waals surface area contributed by atoms with Crippen LogP contribution >= 0.6 is 0 Å². The number of nitrogens with zero attached hydrogens (tertiary/aromatic N) is 1. The maximum Gasteiger partial charge on any atom is 0.0426 e. The Morgan fingerprint density at radius 3 is 1.54 bits per heavy atom. The van der Waals surface area contributed by atoms with Gasteiger partial charge in [0.1, 0.15) is 0 Å². The van der Waals surface area contributed by atoms with Crippen LogP contribution in [0, 0.1) is 19.8 Å². The summed E-state index contributed by atoms with van der Waals surface area (Å²) in [4.78, 5) is 4.53. The fourth-order valence-electron chi connectivity index (χ4n) is 3.56. The normalized spacial score (nSPS) is 13.1.